The second-order valence-corrected chi connectivity index (χ2v) is 5.48. The number of amides is 1. The fraction of sp³-hybridized carbons (Fsp3) is 0.312. The molecule has 0 radical (unpaired) electrons. The van der Waals surface area contributed by atoms with Crippen molar-refractivity contribution in [2.45, 2.75) is 24.6 Å². The predicted octanol–water partition coefficient (Wildman–Crippen LogP) is 2.26. The first-order chi connectivity index (χ1) is 11.7. The van der Waals surface area contributed by atoms with E-state index in [4.69, 9.17) is 5.26 Å². The number of nitrogens with one attached hydrogen (secondary N) is 1. The lowest BCUT2D eigenvalue weighted by Crippen LogP contribution is -2.46. The zero-order valence-electron chi connectivity index (χ0n) is 13.2. The Labute approximate surface area is 141 Å². The van der Waals surface area contributed by atoms with Gasteiger partial charge in [-0.3, -0.25) is 4.79 Å². The minimum absolute atomic E-state index is 0.182. The highest BCUT2D eigenvalue weighted by Gasteiger charge is 2.58. The van der Waals surface area contributed by atoms with Crippen molar-refractivity contribution >= 4 is 11.6 Å². The number of imidazole rings is 1. The zero-order valence-corrected chi connectivity index (χ0v) is 13.2. The summed E-state index contributed by atoms with van der Waals surface area (Å²) in [7, 11) is 1.30. The monoisotopic (exact) mass is 352 g/mol. The third-order valence-electron chi connectivity index (χ3n) is 3.60. The van der Waals surface area contributed by atoms with Gasteiger partial charge in [0.2, 0.25) is 11.5 Å². The third kappa shape index (κ3) is 3.97. The van der Waals surface area contributed by atoms with Crippen molar-refractivity contribution in [2.75, 3.05) is 5.32 Å². The maximum absolute atomic E-state index is 13.4. The summed E-state index contributed by atoms with van der Waals surface area (Å²) in [6.45, 7) is 0. The number of nitrogens with zero attached hydrogens (tertiary/aromatic N) is 3. The lowest BCUT2D eigenvalue weighted by Gasteiger charge is -2.29. The maximum atomic E-state index is 13.4. The first-order valence-corrected chi connectivity index (χ1v) is 7.20. The van der Waals surface area contributed by atoms with Gasteiger partial charge in [0.1, 0.15) is 0 Å². The number of hydrogen-bond donors (Lipinski definition) is 2. The molecule has 1 aromatic carbocycles. The molecular weight excluding hydrogens is 337 g/mol. The van der Waals surface area contributed by atoms with E-state index < -0.39 is 29.9 Å². The largest absolute Gasteiger partial charge is 0.425 e. The van der Waals surface area contributed by atoms with Crippen molar-refractivity contribution < 1.29 is 23.1 Å². The van der Waals surface area contributed by atoms with Gasteiger partial charge in [-0.05, 0) is 17.7 Å². The van der Waals surface area contributed by atoms with Gasteiger partial charge in [0.25, 0.3) is 0 Å². The van der Waals surface area contributed by atoms with Gasteiger partial charge in [-0.25, -0.2) is 4.98 Å². The molecule has 0 aliphatic rings. The smallest absolute Gasteiger partial charge is 0.374 e. The molecule has 0 spiro atoms. The molecule has 1 aromatic heterocycles. The summed E-state index contributed by atoms with van der Waals surface area (Å²) in [6.07, 6.45) is -3.78. The molecule has 0 aliphatic carbocycles. The molecule has 1 atom stereocenters. The van der Waals surface area contributed by atoms with Crippen LogP contribution >= 0.6 is 0 Å². The Morgan fingerprint density at radius 1 is 1.36 bits per heavy atom. The molecule has 25 heavy (non-hydrogen) atoms. The van der Waals surface area contributed by atoms with Crippen molar-refractivity contribution in [1.82, 2.24) is 9.55 Å². The summed E-state index contributed by atoms with van der Waals surface area (Å²) in [5.41, 5.74) is -2.44. The van der Waals surface area contributed by atoms with Crippen molar-refractivity contribution in [3.05, 3.63) is 48.0 Å². The molecule has 1 heterocycles. The van der Waals surface area contributed by atoms with Crippen molar-refractivity contribution in [1.29, 1.82) is 5.26 Å². The fourth-order valence-electron chi connectivity index (χ4n) is 2.30. The van der Waals surface area contributed by atoms with Crippen molar-refractivity contribution in [3.63, 3.8) is 0 Å². The number of benzene rings is 1. The van der Waals surface area contributed by atoms with Crippen LogP contribution in [0.1, 0.15) is 17.8 Å². The van der Waals surface area contributed by atoms with E-state index in [-0.39, 0.29) is 12.1 Å². The maximum Gasteiger partial charge on any atom is 0.425 e. The number of carbonyl (C=O) groups excluding carboxylic acids is 1. The summed E-state index contributed by atoms with van der Waals surface area (Å²) in [5, 5.41) is 21.0. The molecule has 0 aliphatic heterocycles. The average Bonchev–Trinajstić information content (AvgIpc) is 2.95. The second kappa shape index (κ2) is 6.94. The molecule has 1 amide bonds. The molecule has 2 rings (SSSR count). The zero-order chi connectivity index (χ0) is 18.7. The molecule has 1 unspecified atom stereocenters. The Kier molecular flexibility index (Phi) is 5.13. The first-order valence-electron chi connectivity index (χ1n) is 7.20. The summed E-state index contributed by atoms with van der Waals surface area (Å²) in [5.74, 6) is -1.68. The van der Waals surface area contributed by atoms with Crippen LogP contribution in [0, 0.1) is 11.3 Å². The third-order valence-corrected chi connectivity index (χ3v) is 3.60. The van der Waals surface area contributed by atoms with Crippen LogP contribution in [0.3, 0.4) is 0 Å². The van der Waals surface area contributed by atoms with Crippen LogP contribution in [0.4, 0.5) is 18.9 Å². The summed E-state index contributed by atoms with van der Waals surface area (Å²) in [6, 6.07) is 8.05. The van der Waals surface area contributed by atoms with Crippen molar-refractivity contribution in [3.8, 4) is 6.07 Å². The standard InChI is InChI=1S/C16H15F3N4O2/c1-23-9-8-21-14(23)15(25,16(17,18)19)10-13(24)22-12-4-2-11(3-5-12)6-7-20/h2-5,8-9,25H,6,10H2,1H3,(H,22,24). The van der Waals surface area contributed by atoms with Gasteiger partial charge in [0.05, 0.1) is 18.9 Å². The predicted molar refractivity (Wildman–Crippen MR) is 82.2 cm³/mol. The van der Waals surface area contributed by atoms with Crippen LogP contribution in [0.25, 0.3) is 0 Å². The topological polar surface area (TPSA) is 90.9 Å². The molecule has 2 N–H and O–H groups in total. The van der Waals surface area contributed by atoms with Gasteiger partial charge in [-0.2, -0.15) is 18.4 Å². The van der Waals surface area contributed by atoms with Gasteiger partial charge in [-0.1, -0.05) is 12.1 Å². The van der Waals surface area contributed by atoms with E-state index in [2.05, 4.69) is 10.3 Å². The molecule has 9 heteroatoms. The number of rotatable bonds is 5. The van der Waals surface area contributed by atoms with Crippen molar-refractivity contribution in [2.24, 2.45) is 7.05 Å². The SMILES string of the molecule is Cn1ccnc1C(O)(CC(=O)Nc1ccc(CC#N)cc1)C(F)(F)F. The molecule has 132 valence electrons. The molecule has 0 fully saturated rings. The molecule has 0 saturated carbocycles. The lowest BCUT2D eigenvalue weighted by atomic mass is 9.97. The number of aromatic nitrogens is 2. The van der Waals surface area contributed by atoms with E-state index in [9.17, 15) is 23.1 Å². The number of carbonyl (C=O) groups is 1. The van der Waals surface area contributed by atoms with Crippen LogP contribution in [0.15, 0.2) is 36.7 Å². The van der Waals surface area contributed by atoms with E-state index in [0.29, 0.717) is 5.56 Å². The van der Waals surface area contributed by atoms with Crippen LogP contribution in [-0.4, -0.2) is 26.7 Å². The second-order valence-electron chi connectivity index (χ2n) is 5.48. The lowest BCUT2D eigenvalue weighted by molar-refractivity contribution is -0.270. The Morgan fingerprint density at radius 2 is 2.00 bits per heavy atom. The summed E-state index contributed by atoms with van der Waals surface area (Å²) < 4.78 is 41.1. The molecule has 0 bridgehead atoms. The Morgan fingerprint density at radius 3 is 2.48 bits per heavy atom. The van der Waals surface area contributed by atoms with Gasteiger partial charge >= 0.3 is 6.18 Å². The number of nitriles is 1. The summed E-state index contributed by atoms with van der Waals surface area (Å²) in [4.78, 5) is 15.6. The average molecular weight is 352 g/mol. The van der Waals surface area contributed by atoms with Gasteiger partial charge in [0.15, 0.2) is 5.82 Å². The Balaban J connectivity index is 2.18. The van der Waals surface area contributed by atoms with E-state index >= 15 is 0 Å². The van der Waals surface area contributed by atoms with Gasteiger partial charge in [0, 0.05) is 25.1 Å². The minimum Gasteiger partial charge on any atom is -0.374 e. The molecule has 2 aromatic rings. The van der Waals surface area contributed by atoms with E-state index in [1.807, 2.05) is 6.07 Å². The number of halogens is 3. The van der Waals surface area contributed by atoms with E-state index in [1.54, 1.807) is 12.1 Å². The first kappa shape index (κ1) is 18.5. The highest BCUT2D eigenvalue weighted by molar-refractivity contribution is 5.91. The quantitative estimate of drug-likeness (QED) is 0.864. The van der Waals surface area contributed by atoms with Crippen LogP contribution < -0.4 is 5.32 Å². The van der Waals surface area contributed by atoms with Crippen LogP contribution in [-0.2, 0) is 23.9 Å². The van der Waals surface area contributed by atoms with Gasteiger partial charge < -0.3 is 15.0 Å². The van der Waals surface area contributed by atoms with Crippen LogP contribution in [0.5, 0.6) is 0 Å². The van der Waals surface area contributed by atoms with Gasteiger partial charge in [-0.15, -0.1) is 0 Å². The number of aliphatic hydroxyl groups is 1. The molecule has 0 saturated heterocycles. The number of anilines is 1. The molecular formula is C16H15F3N4O2. The number of hydrogen-bond acceptors (Lipinski definition) is 4. The number of aryl methyl sites for hydroxylation is 1. The highest BCUT2D eigenvalue weighted by Crippen LogP contribution is 2.40. The normalized spacial score (nSPS) is 13.8. The Bertz CT molecular complexity index is 793. The molecule has 6 nitrogen and oxygen atoms in total. The Hall–Kier alpha value is -2.86. The summed E-state index contributed by atoms with van der Waals surface area (Å²) >= 11 is 0. The fourth-order valence-corrected chi connectivity index (χ4v) is 2.30. The van der Waals surface area contributed by atoms with E-state index in [1.165, 1.54) is 25.4 Å². The minimum atomic E-state index is -5.08. The highest BCUT2D eigenvalue weighted by atomic mass is 19.4. The number of alkyl halides is 3. The van der Waals surface area contributed by atoms with Crippen LogP contribution in [0.2, 0.25) is 0 Å². The van der Waals surface area contributed by atoms with E-state index in [0.717, 1.165) is 10.8 Å².